The normalized spacial score (nSPS) is 16.8. The van der Waals surface area contributed by atoms with Gasteiger partial charge in [0, 0.05) is 5.70 Å². The second-order valence-electron chi connectivity index (χ2n) is 6.10. The molecule has 0 saturated carbocycles. The third kappa shape index (κ3) is 3.49. The van der Waals surface area contributed by atoms with E-state index in [1.54, 1.807) is 24.3 Å². The molecule has 0 bridgehead atoms. The topological polar surface area (TPSA) is 86.3 Å². The summed E-state index contributed by atoms with van der Waals surface area (Å²) in [6.45, 7) is 1.81. The van der Waals surface area contributed by atoms with Crippen molar-refractivity contribution in [3.63, 3.8) is 0 Å². The third-order valence-corrected chi connectivity index (χ3v) is 5.43. The zero-order chi connectivity index (χ0) is 19.0. The second kappa shape index (κ2) is 6.98. The van der Waals surface area contributed by atoms with Crippen LogP contribution in [0.3, 0.4) is 0 Å². The van der Waals surface area contributed by atoms with Crippen LogP contribution in [0, 0.1) is 0 Å². The number of hydrogen-bond acceptors (Lipinski definition) is 5. The highest BCUT2D eigenvalue weighted by molar-refractivity contribution is 7.80. The number of aromatic hydroxyl groups is 1. The summed E-state index contributed by atoms with van der Waals surface area (Å²) in [4.78, 5) is 17.5. The summed E-state index contributed by atoms with van der Waals surface area (Å²) in [5.74, 6) is -0.0939. The van der Waals surface area contributed by atoms with Gasteiger partial charge in [-0.2, -0.15) is 0 Å². The lowest BCUT2D eigenvalue weighted by Crippen LogP contribution is -2.45. The van der Waals surface area contributed by atoms with Crippen LogP contribution in [0.5, 0.6) is 5.75 Å². The fourth-order valence-electron chi connectivity index (χ4n) is 3.00. The van der Waals surface area contributed by atoms with Gasteiger partial charge in [-0.05, 0) is 49.0 Å². The lowest BCUT2D eigenvalue weighted by molar-refractivity contribution is -0.113. The number of anilines is 1. The van der Waals surface area contributed by atoms with Crippen molar-refractivity contribution >= 4 is 49.9 Å². The van der Waals surface area contributed by atoms with Crippen LogP contribution in [-0.2, 0) is 4.79 Å². The molecule has 1 amide bonds. The van der Waals surface area contributed by atoms with Crippen molar-refractivity contribution in [3.05, 3.63) is 65.4 Å². The molecule has 0 aliphatic carbocycles. The molecule has 0 radical (unpaired) electrons. The van der Waals surface area contributed by atoms with Gasteiger partial charge in [0.15, 0.2) is 10.2 Å². The minimum atomic E-state index is -0.422. The Bertz CT molecular complexity index is 1040. The number of aromatic nitrogens is 1. The van der Waals surface area contributed by atoms with Crippen LogP contribution in [0.4, 0.5) is 5.13 Å². The molecule has 2 aromatic carbocycles. The molecule has 1 aliphatic rings. The van der Waals surface area contributed by atoms with Gasteiger partial charge in [-0.25, -0.2) is 4.98 Å². The van der Waals surface area contributed by atoms with Gasteiger partial charge in [-0.1, -0.05) is 35.6 Å². The van der Waals surface area contributed by atoms with E-state index in [1.165, 1.54) is 11.3 Å². The van der Waals surface area contributed by atoms with Gasteiger partial charge in [0.2, 0.25) is 0 Å². The van der Waals surface area contributed by atoms with Crippen LogP contribution < -0.4 is 16.0 Å². The SMILES string of the molecule is CC1=C(C(=O)Nc2nc3ccccc3s2)C(c2ccc(O)cc2)NC(=S)N1. The highest BCUT2D eigenvalue weighted by Gasteiger charge is 2.30. The molecular weight excluding hydrogens is 380 g/mol. The molecule has 4 rings (SSSR count). The van der Waals surface area contributed by atoms with Gasteiger partial charge >= 0.3 is 0 Å². The molecule has 1 atom stereocenters. The predicted octanol–water partition coefficient (Wildman–Crippen LogP) is 3.43. The number of rotatable bonds is 3. The van der Waals surface area contributed by atoms with Crippen molar-refractivity contribution in [2.45, 2.75) is 13.0 Å². The van der Waals surface area contributed by atoms with Gasteiger partial charge < -0.3 is 15.7 Å². The number of carbonyl (C=O) groups excluding carboxylic acids is 1. The molecule has 3 aromatic rings. The quantitative estimate of drug-likeness (QED) is 0.508. The highest BCUT2D eigenvalue weighted by Crippen LogP contribution is 2.30. The molecule has 6 nitrogen and oxygen atoms in total. The molecule has 27 heavy (non-hydrogen) atoms. The van der Waals surface area contributed by atoms with Gasteiger partial charge in [0.25, 0.3) is 5.91 Å². The number of thiazole rings is 1. The Morgan fingerprint density at radius 2 is 1.96 bits per heavy atom. The molecule has 1 aliphatic heterocycles. The predicted molar refractivity (Wildman–Crippen MR) is 111 cm³/mol. The minimum Gasteiger partial charge on any atom is -0.508 e. The van der Waals surface area contributed by atoms with E-state index in [0.717, 1.165) is 15.8 Å². The number of nitrogens with zero attached hydrogens (tertiary/aromatic N) is 1. The van der Waals surface area contributed by atoms with E-state index >= 15 is 0 Å². The van der Waals surface area contributed by atoms with Crippen LogP contribution in [0.1, 0.15) is 18.5 Å². The first-order chi connectivity index (χ1) is 13.0. The second-order valence-corrected chi connectivity index (χ2v) is 7.54. The Morgan fingerprint density at radius 1 is 1.22 bits per heavy atom. The van der Waals surface area contributed by atoms with Crippen molar-refractivity contribution in [3.8, 4) is 5.75 Å². The largest absolute Gasteiger partial charge is 0.508 e. The number of fused-ring (bicyclic) bond motifs is 1. The third-order valence-electron chi connectivity index (χ3n) is 4.25. The number of nitrogens with one attached hydrogen (secondary N) is 3. The number of phenolic OH excluding ortho intramolecular Hbond substituents is 1. The molecular formula is C19H16N4O2S2. The van der Waals surface area contributed by atoms with E-state index in [9.17, 15) is 9.90 Å². The maximum atomic E-state index is 13.0. The molecule has 4 N–H and O–H groups in total. The lowest BCUT2D eigenvalue weighted by atomic mass is 9.95. The van der Waals surface area contributed by atoms with E-state index in [2.05, 4.69) is 20.9 Å². The van der Waals surface area contributed by atoms with E-state index in [1.807, 2.05) is 31.2 Å². The standard InChI is InChI=1S/C19H16N4O2S2/c1-10-15(16(22-18(26)20-10)11-6-8-12(24)9-7-11)17(25)23-19-21-13-4-2-3-5-14(13)27-19/h2-9,16,24H,1H3,(H2,20,22,26)(H,21,23,25). The van der Waals surface area contributed by atoms with Gasteiger partial charge in [-0.3, -0.25) is 10.1 Å². The molecule has 1 aromatic heterocycles. The molecule has 2 heterocycles. The fraction of sp³-hybridized carbons (Fsp3) is 0.105. The van der Waals surface area contributed by atoms with E-state index in [-0.39, 0.29) is 11.7 Å². The van der Waals surface area contributed by atoms with E-state index < -0.39 is 6.04 Å². The first kappa shape index (κ1) is 17.4. The van der Waals surface area contributed by atoms with Crippen molar-refractivity contribution in [1.29, 1.82) is 0 Å². The summed E-state index contributed by atoms with van der Waals surface area (Å²) >= 11 is 6.68. The van der Waals surface area contributed by atoms with Crippen LogP contribution in [0.15, 0.2) is 59.8 Å². The number of para-hydroxylation sites is 1. The smallest absolute Gasteiger partial charge is 0.257 e. The molecule has 0 fully saturated rings. The fourth-order valence-corrected chi connectivity index (χ4v) is 4.13. The number of benzene rings is 2. The van der Waals surface area contributed by atoms with Crippen LogP contribution >= 0.6 is 23.6 Å². The summed E-state index contributed by atoms with van der Waals surface area (Å²) < 4.78 is 1.01. The summed E-state index contributed by atoms with van der Waals surface area (Å²) in [6, 6.07) is 14.0. The average molecular weight is 396 g/mol. The number of allylic oxidation sites excluding steroid dienone is 1. The van der Waals surface area contributed by atoms with Crippen LogP contribution in [0.25, 0.3) is 10.2 Å². The maximum absolute atomic E-state index is 13.0. The molecule has 0 spiro atoms. The Balaban J connectivity index is 1.67. The van der Waals surface area contributed by atoms with Gasteiger partial charge in [0.05, 0.1) is 21.8 Å². The monoisotopic (exact) mass is 396 g/mol. The summed E-state index contributed by atoms with van der Waals surface area (Å²) in [7, 11) is 0. The zero-order valence-corrected chi connectivity index (χ0v) is 15.9. The van der Waals surface area contributed by atoms with E-state index in [0.29, 0.717) is 21.5 Å². The number of amides is 1. The number of hydrogen-bond donors (Lipinski definition) is 4. The van der Waals surface area contributed by atoms with Crippen molar-refractivity contribution in [2.24, 2.45) is 0 Å². The summed E-state index contributed by atoms with van der Waals surface area (Å²) in [5.41, 5.74) is 2.87. The number of thiocarbonyl (C=S) groups is 1. The lowest BCUT2D eigenvalue weighted by Gasteiger charge is -2.30. The van der Waals surface area contributed by atoms with Crippen LogP contribution in [0.2, 0.25) is 0 Å². The molecule has 8 heteroatoms. The van der Waals surface area contributed by atoms with Gasteiger partial charge in [0.1, 0.15) is 5.75 Å². The highest BCUT2D eigenvalue weighted by atomic mass is 32.1. The Morgan fingerprint density at radius 3 is 2.70 bits per heavy atom. The van der Waals surface area contributed by atoms with E-state index in [4.69, 9.17) is 12.2 Å². The Labute approximate surface area is 164 Å². The Kier molecular flexibility index (Phi) is 4.51. The summed E-state index contributed by atoms with van der Waals surface area (Å²) in [6.07, 6.45) is 0. The maximum Gasteiger partial charge on any atom is 0.257 e. The van der Waals surface area contributed by atoms with Crippen molar-refractivity contribution in [1.82, 2.24) is 15.6 Å². The first-order valence-corrected chi connectivity index (χ1v) is 9.48. The molecule has 0 saturated heterocycles. The van der Waals surface area contributed by atoms with Crippen molar-refractivity contribution < 1.29 is 9.90 Å². The van der Waals surface area contributed by atoms with Crippen LogP contribution in [-0.4, -0.2) is 21.1 Å². The number of carbonyl (C=O) groups is 1. The Hall–Kier alpha value is -2.97. The summed E-state index contributed by atoms with van der Waals surface area (Å²) in [5, 5.41) is 19.6. The number of phenols is 1. The average Bonchev–Trinajstić information content (AvgIpc) is 3.03. The molecule has 136 valence electrons. The molecule has 1 unspecified atom stereocenters. The van der Waals surface area contributed by atoms with Crippen molar-refractivity contribution in [2.75, 3.05) is 5.32 Å². The minimum absolute atomic E-state index is 0.163. The zero-order valence-electron chi connectivity index (χ0n) is 14.3. The van der Waals surface area contributed by atoms with Gasteiger partial charge in [-0.15, -0.1) is 0 Å². The first-order valence-electron chi connectivity index (χ1n) is 8.25.